The first-order chi connectivity index (χ1) is 18.7. The smallest absolute Gasteiger partial charge is 0.419 e. The van der Waals surface area contributed by atoms with Crippen molar-refractivity contribution in [1.29, 1.82) is 5.26 Å². The van der Waals surface area contributed by atoms with Gasteiger partial charge in [-0.3, -0.25) is 14.6 Å². The number of nitriles is 1. The maximum absolute atomic E-state index is 13.6. The summed E-state index contributed by atoms with van der Waals surface area (Å²) in [5.41, 5.74) is -1.73. The second kappa shape index (κ2) is 12.1. The molecule has 13 heteroatoms. The minimum absolute atomic E-state index is 0. The lowest BCUT2D eigenvalue weighted by atomic mass is 10.0. The fourth-order valence-corrected chi connectivity index (χ4v) is 5.70. The third-order valence-electron chi connectivity index (χ3n) is 7.21. The summed E-state index contributed by atoms with van der Waals surface area (Å²) in [6.07, 6.45) is -3.09. The number of rotatable bonds is 7. The SMILES string of the molecule is CCc1cc(N2C(=S)N(c3cnc(C#N)c(C(F)(F)F)c3)C(=O)C2(C)C)ccc1OCCN1CCNC(C)(C)C1.Cl. The number of nitrogens with one attached hydrogen (secondary N) is 1. The molecule has 2 aromatic rings. The Bertz CT molecular complexity index is 1360. The van der Waals surface area contributed by atoms with Crippen molar-refractivity contribution in [2.45, 2.75) is 58.3 Å². The number of thiocarbonyl (C=S) groups is 1. The number of pyridine rings is 1. The summed E-state index contributed by atoms with van der Waals surface area (Å²) in [5, 5.41) is 12.6. The van der Waals surface area contributed by atoms with Gasteiger partial charge in [0.05, 0.1) is 17.4 Å². The minimum atomic E-state index is -4.82. The van der Waals surface area contributed by atoms with Crippen LogP contribution in [0.4, 0.5) is 24.5 Å². The van der Waals surface area contributed by atoms with Crippen LogP contribution >= 0.6 is 24.6 Å². The number of aromatic nitrogens is 1. The molecule has 0 radical (unpaired) electrons. The molecule has 1 aromatic heterocycles. The molecule has 2 saturated heterocycles. The molecule has 8 nitrogen and oxygen atoms in total. The molecule has 3 heterocycles. The molecule has 1 amide bonds. The molecule has 1 N–H and O–H groups in total. The number of halogens is 4. The van der Waals surface area contributed by atoms with Crippen LogP contribution in [-0.4, -0.2) is 64.8 Å². The van der Waals surface area contributed by atoms with Crippen molar-refractivity contribution < 1.29 is 22.7 Å². The lowest BCUT2D eigenvalue weighted by Crippen LogP contribution is -2.57. The van der Waals surface area contributed by atoms with E-state index in [1.807, 2.05) is 19.1 Å². The number of carbonyl (C=O) groups excluding carboxylic acids is 1. The zero-order valence-electron chi connectivity index (χ0n) is 23.6. The van der Waals surface area contributed by atoms with Crippen LogP contribution in [-0.2, 0) is 17.4 Å². The van der Waals surface area contributed by atoms with Crippen LogP contribution in [0.25, 0.3) is 0 Å². The molecule has 0 bridgehead atoms. The van der Waals surface area contributed by atoms with Gasteiger partial charge in [0.15, 0.2) is 10.8 Å². The van der Waals surface area contributed by atoms with E-state index in [0.717, 1.165) is 54.7 Å². The summed E-state index contributed by atoms with van der Waals surface area (Å²) in [6, 6.07) is 7.72. The lowest BCUT2D eigenvalue weighted by molar-refractivity contribution is -0.138. The van der Waals surface area contributed by atoms with E-state index >= 15 is 0 Å². The number of carbonyl (C=O) groups is 1. The van der Waals surface area contributed by atoms with Crippen molar-refractivity contribution in [3.05, 3.63) is 47.3 Å². The highest BCUT2D eigenvalue weighted by atomic mass is 35.5. The number of anilines is 2. The van der Waals surface area contributed by atoms with Crippen molar-refractivity contribution in [3.8, 4) is 11.8 Å². The Morgan fingerprint density at radius 1 is 1.20 bits per heavy atom. The number of hydrogen-bond acceptors (Lipinski definition) is 7. The molecule has 222 valence electrons. The van der Waals surface area contributed by atoms with Gasteiger partial charge in [-0.2, -0.15) is 18.4 Å². The highest BCUT2D eigenvalue weighted by Crippen LogP contribution is 2.40. The van der Waals surface area contributed by atoms with Crippen LogP contribution in [0.5, 0.6) is 5.75 Å². The molecule has 41 heavy (non-hydrogen) atoms. The molecule has 1 aromatic carbocycles. The molecule has 0 saturated carbocycles. The number of ether oxygens (including phenoxy) is 1. The van der Waals surface area contributed by atoms with Gasteiger partial charge in [-0.05, 0) is 76.2 Å². The third-order valence-corrected chi connectivity index (χ3v) is 7.57. The molecule has 2 aliphatic rings. The van der Waals surface area contributed by atoms with Crippen LogP contribution < -0.4 is 19.9 Å². The first-order valence-electron chi connectivity index (χ1n) is 13.1. The van der Waals surface area contributed by atoms with E-state index in [4.69, 9.17) is 22.2 Å². The van der Waals surface area contributed by atoms with Gasteiger partial charge in [0.25, 0.3) is 5.91 Å². The molecular weight excluding hydrogens is 577 g/mol. The highest BCUT2D eigenvalue weighted by molar-refractivity contribution is 7.81. The van der Waals surface area contributed by atoms with Crippen LogP contribution in [0.3, 0.4) is 0 Å². The maximum Gasteiger partial charge on any atom is 0.419 e. The largest absolute Gasteiger partial charge is 0.492 e. The molecule has 2 aliphatic heterocycles. The first-order valence-corrected chi connectivity index (χ1v) is 13.5. The maximum atomic E-state index is 13.6. The quantitative estimate of drug-likeness (QED) is 0.442. The van der Waals surface area contributed by atoms with E-state index in [2.05, 4.69) is 29.0 Å². The van der Waals surface area contributed by atoms with Gasteiger partial charge in [0, 0.05) is 37.4 Å². The zero-order valence-corrected chi connectivity index (χ0v) is 25.3. The van der Waals surface area contributed by atoms with E-state index in [9.17, 15) is 18.0 Å². The molecule has 0 aliphatic carbocycles. The van der Waals surface area contributed by atoms with Gasteiger partial charge in [-0.1, -0.05) is 6.92 Å². The number of alkyl halides is 3. The number of amides is 1. The average molecular weight is 611 g/mol. The van der Waals surface area contributed by atoms with Gasteiger partial charge in [-0.15, -0.1) is 12.4 Å². The van der Waals surface area contributed by atoms with Gasteiger partial charge >= 0.3 is 6.18 Å². The fraction of sp³-hybridized carbons (Fsp3) is 0.500. The summed E-state index contributed by atoms with van der Waals surface area (Å²) in [7, 11) is 0. The minimum Gasteiger partial charge on any atom is -0.492 e. The van der Waals surface area contributed by atoms with E-state index in [-0.39, 0.29) is 28.7 Å². The number of hydrogen-bond donors (Lipinski definition) is 1. The first kappa shape index (κ1) is 32.5. The van der Waals surface area contributed by atoms with Gasteiger partial charge in [0.2, 0.25) is 0 Å². The van der Waals surface area contributed by atoms with Gasteiger partial charge in [-0.25, -0.2) is 4.98 Å². The van der Waals surface area contributed by atoms with Gasteiger partial charge < -0.3 is 15.0 Å². The molecule has 0 atom stereocenters. The normalized spacial score (nSPS) is 18.7. The van der Waals surface area contributed by atoms with Crippen LogP contribution in [0.15, 0.2) is 30.5 Å². The molecule has 0 spiro atoms. The molecule has 4 rings (SSSR count). The van der Waals surface area contributed by atoms with E-state index in [1.54, 1.807) is 24.8 Å². The van der Waals surface area contributed by atoms with Crippen LogP contribution in [0.2, 0.25) is 0 Å². The van der Waals surface area contributed by atoms with E-state index in [0.29, 0.717) is 18.7 Å². The summed E-state index contributed by atoms with van der Waals surface area (Å²) >= 11 is 5.64. The topological polar surface area (TPSA) is 84.7 Å². The number of benzene rings is 1. The molecule has 0 unspecified atom stereocenters. The monoisotopic (exact) mass is 610 g/mol. The Morgan fingerprint density at radius 3 is 2.51 bits per heavy atom. The second-order valence-corrected chi connectivity index (χ2v) is 11.5. The van der Waals surface area contributed by atoms with E-state index < -0.39 is 28.9 Å². The van der Waals surface area contributed by atoms with Crippen LogP contribution in [0, 0.1) is 11.3 Å². The molecule has 2 fully saturated rings. The van der Waals surface area contributed by atoms with Crippen molar-refractivity contribution in [2.24, 2.45) is 0 Å². The Morgan fingerprint density at radius 2 is 1.90 bits per heavy atom. The third kappa shape index (κ3) is 6.59. The number of piperazine rings is 1. The van der Waals surface area contributed by atoms with Crippen molar-refractivity contribution >= 4 is 47.0 Å². The predicted octanol–water partition coefficient (Wildman–Crippen LogP) is 4.94. The predicted molar refractivity (Wildman–Crippen MR) is 158 cm³/mol. The Kier molecular flexibility index (Phi) is 9.60. The second-order valence-electron chi connectivity index (χ2n) is 11.1. The zero-order chi connectivity index (χ0) is 29.5. The number of nitrogens with zero attached hydrogens (tertiary/aromatic N) is 5. The Hall–Kier alpha value is -2.98. The summed E-state index contributed by atoms with van der Waals surface area (Å²) in [5.74, 6) is 0.229. The lowest BCUT2D eigenvalue weighted by Gasteiger charge is -2.39. The van der Waals surface area contributed by atoms with Crippen LogP contribution in [0.1, 0.15) is 51.4 Å². The standard InChI is InChI=1S/C28H33F3N6O2S.ClH/c1-6-18-13-19(7-8-23(18)39-12-11-35-10-9-34-26(2,3)17-35)37-25(40)36(24(38)27(37,4)5)20-14-21(28(29,30)31)22(15-32)33-16-20;/h7-8,13-14,16,34H,6,9-12,17H2,1-5H3;1H. The van der Waals surface area contributed by atoms with Gasteiger partial charge in [0.1, 0.15) is 24.0 Å². The highest BCUT2D eigenvalue weighted by Gasteiger charge is 2.51. The summed E-state index contributed by atoms with van der Waals surface area (Å²) in [6.45, 7) is 13.8. The van der Waals surface area contributed by atoms with E-state index in [1.165, 1.54) is 6.07 Å². The van der Waals surface area contributed by atoms with Crippen molar-refractivity contribution in [2.75, 3.05) is 42.6 Å². The number of aryl methyl sites for hydroxylation is 1. The fourth-order valence-electron chi connectivity index (χ4n) is 5.18. The average Bonchev–Trinajstić information content (AvgIpc) is 3.06. The Labute approximate surface area is 249 Å². The summed E-state index contributed by atoms with van der Waals surface area (Å²) in [4.78, 5) is 22.2. The van der Waals surface area contributed by atoms with Crippen molar-refractivity contribution in [1.82, 2.24) is 15.2 Å². The van der Waals surface area contributed by atoms with Crippen molar-refractivity contribution in [3.63, 3.8) is 0 Å². The molecular formula is C28H34ClF3N6O2S. The Balaban J connectivity index is 0.00000462. The summed E-state index contributed by atoms with van der Waals surface area (Å²) < 4.78 is 46.9.